The first kappa shape index (κ1) is 13.8. The van der Waals surface area contributed by atoms with Crippen molar-refractivity contribution in [2.24, 2.45) is 12.8 Å². The van der Waals surface area contributed by atoms with Gasteiger partial charge in [0.15, 0.2) is 0 Å². The van der Waals surface area contributed by atoms with Gasteiger partial charge in [0.05, 0.1) is 5.69 Å². The molecule has 2 rings (SSSR count). The summed E-state index contributed by atoms with van der Waals surface area (Å²) in [5.74, 6) is 1.08. The molecule has 0 fully saturated rings. The van der Waals surface area contributed by atoms with Gasteiger partial charge in [0.25, 0.3) is 0 Å². The van der Waals surface area contributed by atoms with Gasteiger partial charge in [-0.15, -0.1) is 0 Å². The highest BCUT2D eigenvalue weighted by Crippen LogP contribution is 2.17. The van der Waals surface area contributed by atoms with Crippen molar-refractivity contribution in [3.63, 3.8) is 0 Å². The molecule has 0 aliphatic rings. The molecular weight excluding hydrogens is 234 g/mol. The lowest BCUT2D eigenvalue weighted by atomic mass is 10.0. The SMILES string of the molecule is Cc1ccc(Cc2c(C)nc(CCN)n2C)cc1C. The lowest BCUT2D eigenvalue weighted by molar-refractivity contribution is 0.749. The van der Waals surface area contributed by atoms with Crippen LogP contribution >= 0.6 is 0 Å². The zero-order valence-electron chi connectivity index (χ0n) is 12.3. The Morgan fingerprint density at radius 1 is 1.16 bits per heavy atom. The topological polar surface area (TPSA) is 43.8 Å². The molecule has 0 radical (unpaired) electrons. The quantitative estimate of drug-likeness (QED) is 0.914. The van der Waals surface area contributed by atoms with Gasteiger partial charge < -0.3 is 10.3 Å². The van der Waals surface area contributed by atoms with Crippen LogP contribution in [0.4, 0.5) is 0 Å². The molecule has 0 spiro atoms. The fraction of sp³-hybridized carbons (Fsp3) is 0.438. The van der Waals surface area contributed by atoms with Crippen LogP contribution in [-0.4, -0.2) is 16.1 Å². The highest BCUT2D eigenvalue weighted by molar-refractivity contribution is 5.33. The largest absolute Gasteiger partial charge is 0.334 e. The number of rotatable bonds is 4. The first-order valence-electron chi connectivity index (χ1n) is 6.80. The highest BCUT2D eigenvalue weighted by atomic mass is 15.1. The molecular formula is C16H23N3. The first-order chi connectivity index (χ1) is 9.02. The monoisotopic (exact) mass is 257 g/mol. The van der Waals surface area contributed by atoms with Gasteiger partial charge in [-0.2, -0.15) is 0 Å². The number of hydrogen-bond donors (Lipinski definition) is 1. The van der Waals surface area contributed by atoms with Crippen LogP contribution in [0.2, 0.25) is 0 Å². The Labute approximate surface area is 115 Å². The Bertz CT molecular complexity index is 582. The van der Waals surface area contributed by atoms with Crippen LogP contribution in [0.1, 0.15) is 33.9 Å². The molecule has 0 unspecified atom stereocenters. The molecule has 3 nitrogen and oxygen atoms in total. The van der Waals surface area contributed by atoms with E-state index in [0.29, 0.717) is 6.54 Å². The van der Waals surface area contributed by atoms with Crippen LogP contribution in [0, 0.1) is 20.8 Å². The number of aromatic nitrogens is 2. The van der Waals surface area contributed by atoms with Gasteiger partial charge >= 0.3 is 0 Å². The maximum absolute atomic E-state index is 5.62. The third-order valence-corrected chi connectivity index (χ3v) is 3.82. The molecule has 0 saturated heterocycles. The van der Waals surface area contributed by atoms with Crippen molar-refractivity contribution in [1.29, 1.82) is 0 Å². The zero-order valence-corrected chi connectivity index (χ0v) is 12.3. The number of benzene rings is 1. The van der Waals surface area contributed by atoms with Crippen molar-refractivity contribution in [2.75, 3.05) is 6.54 Å². The van der Waals surface area contributed by atoms with E-state index in [1.807, 2.05) is 0 Å². The van der Waals surface area contributed by atoms with Gasteiger partial charge in [-0.25, -0.2) is 4.98 Å². The Morgan fingerprint density at radius 3 is 2.53 bits per heavy atom. The second-order valence-corrected chi connectivity index (χ2v) is 5.25. The van der Waals surface area contributed by atoms with Crippen molar-refractivity contribution in [3.05, 3.63) is 52.1 Å². The molecule has 0 bridgehead atoms. The van der Waals surface area contributed by atoms with Crippen molar-refractivity contribution >= 4 is 0 Å². The number of hydrogen-bond acceptors (Lipinski definition) is 2. The molecule has 0 amide bonds. The summed E-state index contributed by atoms with van der Waals surface area (Å²) in [6, 6.07) is 6.67. The first-order valence-corrected chi connectivity index (χ1v) is 6.80. The zero-order chi connectivity index (χ0) is 14.0. The van der Waals surface area contributed by atoms with Gasteiger partial charge in [-0.3, -0.25) is 0 Å². The van der Waals surface area contributed by atoms with Crippen LogP contribution in [0.3, 0.4) is 0 Å². The summed E-state index contributed by atoms with van der Waals surface area (Å²) in [5, 5.41) is 0. The minimum absolute atomic E-state index is 0.646. The Kier molecular flexibility index (Phi) is 4.05. The lowest BCUT2D eigenvalue weighted by Gasteiger charge is -2.08. The van der Waals surface area contributed by atoms with E-state index < -0.39 is 0 Å². The number of nitrogens with zero attached hydrogens (tertiary/aromatic N) is 2. The van der Waals surface area contributed by atoms with Crippen LogP contribution in [0.5, 0.6) is 0 Å². The van der Waals surface area contributed by atoms with Gasteiger partial charge in [0, 0.05) is 25.6 Å². The third kappa shape index (κ3) is 2.87. The summed E-state index contributed by atoms with van der Waals surface area (Å²) in [4.78, 5) is 4.62. The minimum atomic E-state index is 0.646. The Balaban J connectivity index is 2.30. The summed E-state index contributed by atoms with van der Waals surface area (Å²) in [7, 11) is 2.08. The highest BCUT2D eigenvalue weighted by Gasteiger charge is 2.11. The second-order valence-electron chi connectivity index (χ2n) is 5.25. The van der Waals surface area contributed by atoms with Crippen LogP contribution in [-0.2, 0) is 19.9 Å². The molecule has 1 aromatic heterocycles. The van der Waals surface area contributed by atoms with Crippen LogP contribution < -0.4 is 5.73 Å². The average molecular weight is 257 g/mol. The lowest BCUT2D eigenvalue weighted by Crippen LogP contribution is -2.09. The number of nitrogens with two attached hydrogens (primary N) is 1. The summed E-state index contributed by atoms with van der Waals surface area (Å²) < 4.78 is 2.19. The van der Waals surface area contributed by atoms with E-state index in [-0.39, 0.29) is 0 Å². The average Bonchev–Trinajstić information content (AvgIpc) is 2.62. The molecule has 1 heterocycles. The summed E-state index contributed by atoms with van der Waals surface area (Å²) >= 11 is 0. The van der Waals surface area contributed by atoms with E-state index in [0.717, 1.165) is 24.4 Å². The van der Waals surface area contributed by atoms with Gasteiger partial charge in [0.2, 0.25) is 0 Å². The number of aryl methyl sites for hydroxylation is 3. The molecule has 2 aromatic rings. The standard InChI is InChI=1S/C16H23N3/c1-11-5-6-14(9-12(11)2)10-15-13(3)18-16(7-8-17)19(15)4/h5-6,9H,7-8,10,17H2,1-4H3. The van der Waals surface area contributed by atoms with E-state index in [1.165, 1.54) is 22.4 Å². The van der Waals surface area contributed by atoms with Crippen molar-refractivity contribution in [3.8, 4) is 0 Å². The molecule has 3 heteroatoms. The maximum atomic E-state index is 5.62. The van der Waals surface area contributed by atoms with E-state index in [1.54, 1.807) is 0 Å². The molecule has 1 aromatic carbocycles. The van der Waals surface area contributed by atoms with Crippen molar-refractivity contribution in [2.45, 2.75) is 33.6 Å². The van der Waals surface area contributed by atoms with Gasteiger partial charge in [-0.1, -0.05) is 18.2 Å². The fourth-order valence-corrected chi connectivity index (χ4v) is 2.44. The molecule has 0 aliphatic heterocycles. The summed E-state index contributed by atoms with van der Waals surface area (Å²) in [6.07, 6.45) is 1.77. The third-order valence-electron chi connectivity index (χ3n) is 3.82. The van der Waals surface area contributed by atoms with Crippen molar-refractivity contribution in [1.82, 2.24) is 9.55 Å². The predicted molar refractivity (Wildman–Crippen MR) is 79.4 cm³/mol. The molecule has 102 valence electrons. The number of imidazole rings is 1. The van der Waals surface area contributed by atoms with E-state index in [9.17, 15) is 0 Å². The van der Waals surface area contributed by atoms with Crippen molar-refractivity contribution < 1.29 is 0 Å². The summed E-state index contributed by atoms with van der Waals surface area (Å²) in [6.45, 7) is 7.03. The maximum Gasteiger partial charge on any atom is 0.110 e. The fourth-order valence-electron chi connectivity index (χ4n) is 2.44. The predicted octanol–water partition coefficient (Wildman–Crippen LogP) is 2.44. The molecule has 0 saturated carbocycles. The normalized spacial score (nSPS) is 11.0. The summed E-state index contributed by atoms with van der Waals surface area (Å²) in [5.41, 5.74) is 12.1. The Morgan fingerprint density at radius 2 is 1.89 bits per heavy atom. The molecule has 2 N–H and O–H groups in total. The Hall–Kier alpha value is -1.61. The second kappa shape index (κ2) is 5.57. The van der Waals surface area contributed by atoms with Crippen LogP contribution in [0.15, 0.2) is 18.2 Å². The molecule has 19 heavy (non-hydrogen) atoms. The van der Waals surface area contributed by atoms with Gasteiger partial charge in [-0.05, 0) is 44.0 Å². The molecule has 0 atom stereocenters. The smallest absolute Gasteiger partial charge is 0.110 e. The van der Waals surface area contributed by atoms with E-state index >= 15 is 0 Å². The van der Waals surface area contributed by atoms with E-state index in [2.05, 4.69) is 55.6 Å². The van der Waals surface area contributed by atoms with E-state index in [4.69, 9.17) is 5.73 Å². The van der Waals surface area contributed by atoms with Gasteiger partial charge in [0.1, 0.15) is 5.82 Å². The molecule has 0 aliphatic carbocycles. The van der Waals surface area contributed by atoms with Crippen LogP contribution in [0.25, 0.3) is 0 Å². The minimum Gasteiger partial charge on any atom is -0.334 e.